The van der Waals surface area contributed by atoms with Crippen molar-refractivity contribution < 1.29 is 4.79 Å². The first-order chi connectivity index (χ1) is 13.2. The van der Waals surface area contributed by atoms with Crippen LogP contribution in [0.4, 0.5) is 5.69 Å². The van der Waals surface area contributed by atoms with Gasteiger partial charge in [-0.25, -0.2) is 9.50 Å². The number of aromatic nitrogens is 3. The highest BCUT2D eigenvalue weighted by atomic mass is 32.2. The molecule has 6 heteroatoms. The predicted octanol–water partition coefficient (Wildman–Crippen LogP) is 4.67. The lowest BCUT2D eigenvalue weighted by Gasteiger charge is -2.14. The molecule has 0 saturated heterocycles. The normalized spacial score (nSPS) is 14.4. The van der Waals surface area contributed by atoms with Crippen LogP contribution in [0.5, 0.6) is 0 Å². The van der Waals surface area contributed by atoms with Gasteiger partial charge in [0.2, 0.25) is 0 Å². The van der Waals surface area contributed by atoms with E-state index in [4.69, 9.17) is 5.10 Å². The third-order valence-corrected chi connectivity index (χ3v) is 5.81. The Labute approximate surface area is 163 Å². The number of benzene rings is 1. The van der Waals surface area contributed by atoms with E-state index in [9.17, 15) is 4.79 Å². The molecule has 1 aliphatic carbocycles. The van der Waals surface area contributed by atoms with Gasteiger partial charge in [0.1, 0.15) is 10.6 Å². The number of rotatable bonds is 3. The summed E-state index contributed by atoms with van der Waals surface area (Å²) in [6.07, 6.45) is 10.8. The number of amides is 1. The van der Waals surface area contributed by atoms with E-state index in [0.29, 0.717) is 11.2 Å². The van der Waals surface area contributed by atoms with E-state index in [1.54, 1.807) is 0 Å². The number of nitrogens with one attached hydrogen (secondary N) is 1. The Bertz CT molecular complexity index is 978. The summed E-state index contributed by atoms with van der Waals surface area (Å²) in [5.74, 6) is -0.156. The second kappa shape index (κ2) is 7.72. The van der Waals surface area contributed by atoms with Crippen LogP contribution in [0.2, 0.25) is 0 Å². The Morgan fingerprint density at radius 2 is 1.85 bits per heavy atom. The third kappa shape index (κ3) is 3.58. The molecular formula is C21H24N4OS. The molecule has 0 aliphatic heterocycles. The van der Waals surface area contributed by atoms with Crippen molar-refractivity contribution in [2.45, 2.75) is 50.5 Å². The number of anilines is 1. The van der Waals surface area contributed by atoms with Gasteiger partial charge in [-0.05, 0) is 56.6 Å². The molecule has 4 rings (SSSR count). The van der Waals surface area contributed by atoms with E-state index in [-0.39, 0.29) is 5.91 Å². The maximum absolute atomic E-state index is 13.0. The quantitative estimate of drug-likeness (QED) is 0.671. The van der Waals surface area contributed by atoms with Crippen LogP contribution < -0.4 is 5.32 Å². The summed E-state index contributed by atoms with van der Waals surface area (Å²) in [5.41, 5.74) is 5.64. The Balaban J connectivity index is 1.76. The lowest BCUT2D eigenvalue weighted by Crippen LogP contribution is -2.14. The number of carbonyl (C=O) groups is 1. The van der Waals surface area contributed by atoms with Crippen LogP contribution >= 0.6 is 11.8 Å². The summed E-state index contributed by atoms with van der Waals surface area (Å²) in [6, 6.07) is 7.81. The lowest BCUT2D eigenvalue weighted by atomic mass is 9.98. The lowest BCUT2D eigenvalue weighted by molar-refractivity contribution is 0.102. The van der Waals surface area contributed by atoms with Crippen LogP contribution in [0.15, 0.2) is 35.5 Å². The minimum absolute atomic E-state index is 0.156. The molecule has 1 aromatic carbocycles. The highest BCUT2D eigenvalue weighted by Gasteiger charge is 2.23. The van der Waals surface area contributed by atoms with Gasteiger partial charge in [-0.15, -0.1) is 11.8 Å². The molecule has 2 heterocycles. The zero-order valence-electron chi connectivity index (χ0n) is 15.8. The summed E-state index contributed by atoms with van der Waals surface area (Å²) < 4.78 is 1.91. The van der Waals surface area contributed by atoms with Crippen LogP contribution in [0, 0.1) is 6.92 Å². The Hall–Kier alpha value is -2.34. The fraction of sp³-hybridized carbons (Fsp3) is 0.381. The first kappa shape index (κ1) is 18.0. The van der Waals surface area contributed by atoms with E-state index in [2.05, 4.69) is 10.3 Å². The van der Waals surface area contributed by atoms with Gasteiger partial charge < -0.3 is 5.32 Å². The van der Waals surface area contributed by atoms with Gasteiger partial charge in [0.25, 0.3) is 5.91 Å². The van der Waals surface area contributed by atoms with Crippen molar-refractivity contribution in [3.8, 4) is 0 Å². The minimum Gasteiger partial charge on any atom is -0.322 e. The number of hydrogen-bond donors (Lipinski definition) is 1. The predicted molar refractivity (Wildman–Crippen MR) is 110 cm³/mol. The number of aryl methyl sites for hydroxylation is 3. The average molecular weight is 381 g/mol. The summed E-state index contributed by atoms with van der Waals surface area (Å²) in [7, 11) is 0. The topological polar surface area (TPSA) is 59.3 Å². The maximum atomic E-state index is 13.0. The van der Waals surface area contributed by atoms with Gasteiger partial charge in [0.05, 0.1) is 0 Å². The van der Waals surface area contributed by atoms with Crippen LogP contribution in [-0.4, -0.2) is 26.8 Å². The first-order valence-corrected chi connectivity index (χ1v) is 10.7. The van der Waals surface area contributed by atoms with Gasteiger partial charge in [0, 0.05) is 17.6 Å². The average Bonchev–Trinajstić information content (AvgIpc) is 3.02. The molecule has 0 saturated carbocycles. The molecule has 3 aromatic rings. The number of thioether (sulfide) groups is 1. The van der Waals surface area contributed by atoms with Crippen molar-refractivity contribution in [3.05, 3.63) is 52.8 Å². The molecule has 1 amide bonds. The van der Waals surface area contributed by atoms with Crippen LogP contribution in [0.25, 0.3) is 5.65 Å². The molecular weight excluding hydrogens is 356 g/mol. The number of nitrogens with zero attached hydrogens (tertiary/aromatic N) is 3. The van der Waals surface area contributed by atoms with E-state index in [1.165, 1.54) is 42.3 Å². The van der Waals surface area contributed by atoms with Crippen molar-refractivity contribution in [3.63, 3.8) is 0 Å². The van der Waals surface area contributed by atoms with Crippen molar-refractivity contribution in [2.75, 3.05) is 11.6 Å². The smallest absolute Gasteiger partial charge is 0.262 e. The SMILES string of the molecule is CSc1nn2c3c(cnc2c1C(=O)Nc1ccc(C)cc1)CCCCCC3. The summed E-state index contributed by atoms with van der Waals surface area (Å²) in [6.45, 7) is 2.03. The standard InChI is InChI=1S/C21H24N4OS/c1-14-9-11-16(12-10-14)23-20(26)18-19-22-13-15-7-5-3-4-6-8-17(15)25(19)24-21(18)27-2/h9-13H,3-8H2,1-2H3,(H,23,26). The van der Waals surface area contributed by atoms with Crippen molar-refractivity contribution in [1.82, 2.24) is 14.6 Å². The van der Waals surface area contributed by atoms with Gasteiger partial charge in [-0.1, -0.05) is 30.5 Å². The fourth-order valence-corrected chi connectivity index (χ4v) is 4.21. The third-order valence-electron chi connectivity index (χ3n) is 5.14. The molecule has 0 spiro atoms. The van der Waals surface area contributed by atoms with Gasteiger partial charge in [-0.3, -0.25) is 4.79 Å². The Kier molecular flexibility index (Phi) is 5.16. The molecule has 27 heavy (non-hydrogen) atoms. The molecule has 0 radical (unpaired) electrons. The number of carbonyl (C=O) groups excluding carboxylic acids is 1. The summed E-state index contributed by atoms with van der Waals surface area (Å²) in [5, 5.41) is 8.47. The minimum atomic E-state index is -0.156. The summed E-state index contributed by atoms with van der Waals surface area (Å²) >= 11 is 1.49. The number of fused-ring (bicyclic) bond motifs is 3. The van der Waals surface area contributed by atoms with Crippen molar-refractivity contribution >= 4 is 29.0 Å². The largest absolute Gasteiger partial charge is 0.322 e. The molecule has 0 bridgehead atoms. The van der Waals surface area contributed by atoms with Crippen LogP contribution in [-0.2, 0) is 12.8 Å². The Morgan fingerprint density at radius 1 is 1.11 bits per heavy atom. The fourth-order valence-electron chi connectivity index (χ4n) is 3.66. The highest BCUT2D eigenvalue weighted by Crippen LogP contribution is 2.27. The molecule has 0 atom stereocenters. The van der Waals surface area contributed by atoms with Gasteiger partial charge in [-0.2, -0.15) is 5.10 Å². The van der Waals surface area contributed by atoms with Gasteiger partial charge in [0.15, 0.2) is 5.65 Å². The van der Waals surface area contributed by atoms with Gasteiger partial charge >= 0.3 is 0 Å². The first-order valence-electron chi connectivity index (χ1n) is 9.49. The monoisotopic (exact) mass is 380 g/mol. The van der Waals surface area contributed by atoms with E-state index < -0.39 is 0 Å². The maximum Gasteiger partial charge on any atom is 0.262 e. The molecule has 0 unspecified atom stereocenters. The summed E-state index contributed by atoms with van der Waals surface area (Å²) in [4.78, 5) is 17.7. The molecule has 2 aromatic heterocycles. The second-order valence-electron chi connectivity index (χ2n) is 7.08. The van der Waals surface area contributed by atoms with E-state index >= 15 is 0 Å². The Morgan fingerprint density at radius 3 is 2.59 bits per heavy atom. The van der Waals surface area contributed by atoms with Crippen LogP contribution in [0.3, 0.4) is 0 Å². The second-order valence-corrected chi connectivity index (χ2v) is 7.88. The molecule has 1 N–H and O–H groups in total. The highest BCUT2D eigenvalue weighted by molar-refractivity contribution is 7.98. The van der Waals surface area contributed by atoms with E-state index in [0.717, 1.165) is 35.5 Å². The van der Waals surface area contributed by atoms with Crippen LogP contribution in [0.1, 0.15) is 52.9 Å². The van der Waals surface area contributed by atoms with Crippen molar-refractivity contribution in [1.29, 1.82) is 0 Å². The molecule has 1 aliphatic rings. The van der Waals surface area contributed by atoms with Crippen molar-refractivity contribution in [2.24, 2.45) is 0 Å². The zero-order chi connectivity index (χ0) is 18.8. The molecule has 5 nitrogen and oxygen atoms in total. The zero-order valence-corrected chi connectivity index (χ0v) is 16.6. The van der Waals surface area contributed by atoms with E-state index in [1.807, 2.05) is 48.2 Å². The molecule has 0 fully saturated rings. The molecule has 140 valence electrons. The number of hydrogen-bond acceptors (Lipinski definition) is 4.